The summed E-state index contributed by atoms with van der Waals surface area (Å²) in [4.78, 5) is 14.9. The van der Waals surface area contributed by atoms with E-state index < -0.39 is 6.10 Å². The van der Waals surface area contributed by atoms with Gasteiger partial charge in [0.05, 0.1) is 12.1 Å². The van der Waals surface area contributed by atoms with Gasteiger partial charge in [0.15, 0.2) is 0 Å². The molecule has 0 heterocycles. The Balaban J connectivity index is 2.09. The molecule has 1 amide bonds. The largest absolute Gasteiger partial charge is 0.386 e. The van der Waals surface area contributed by atoms with E-state index in [0.717, 1.165) is 31.2 Å². The van der Waals surface area contributed by atoms with E-state index in [4.69, 9.17) is 0 Å². The molecule has 0 aliphatic rings. The molecule has 140 valence electrons. The van der Waals surface area contributed by atoms with Crippen LogP contribution in [0.4, 0.5) is 0 Å². The quantitative estimate of drug-likeness (QED) is 0.715. The molecule has 3 atom stereocenters. The molecular weight excluding hydrogens is 322 g/mol. The highest BCUT2D eigenvalue weighted by atomic mass is 16.3. The highest BCUT2D eigenvalue weighted by Gasteiger charge is 2.28. The predicted molar refractivity (Wildman–Crippen MR) is 107 cm³/mol. The number of carbonyl (C=O) groups is 1. The minimum absolute atomic E-state index is 0.0484. The van der Waals surface area contributed by atoms with Crippen LogP contribution in [-0.2, 0) is 11.2 Å². The van der Waals surface area contributed by atoms with Gasteiger partial charge in [-0.15, -0.1) is 0 Å². The molecule has 1 unspecified atom stereocenters. The lowest BCUT2D eigenvalue weighted by atomic mass is 9.92. The molecular formula is C23H31NO2. The first-order valence-electron chi connectivity index (χ1n) is 9.58. The third kappa shape index (κ3) is 5.43. The zero-order chi connectivity index (χ0) is 18.9. The van der Waals surface area contributed by atoms with Crippen molar-refractivity contribution in [2.45, 2.75) is 51.7 Å². The number of benzene rings is 2. The molecule has 3 nitrogen and oxygen atoms in total. The number of nitrogens with zero attached hydrogens (tertiary/aromatic N) is 1. The van der Waals surface area contributed by atoms with E-state index in [2.05, 4.69) is 19.1 Å². The number of rotatable bonds is 9. The Kier molecular flexibility index (Phi) is 7.86. The van der Waals surface area contributed by atoms with Crippen molar-refractivity contribution in [3.05, 3.63) is 71.8 Å². The van der Waals surface area contributed by atoms with E-state index in [1.54, 1.807) is 4.90 Å². The van der Waals surface area contributed by atoms with Gasteiger partial charge in [0.25, 0.3) is 0 Å². The number of aliphatic hydroxyl groups is 1. The van der Waals surface area contributed by atoms with Gasteiger partial charge in [-0.05, 0) is 30.9 Å². The normalized spacial score (nSPS) is 14.5. The minimum Gasteiger partial charge on any atom is -0.386 e. The maximum absolute atomic E-state index is 13.1. The van der Waals surface area contributed by atoms with Gasteiger partial charge in [0.1, 0.15) is 0 Å². The number of carbonyl (C=O) groups excluding carboxylic acids is 1. The summed E-state index contributed by atoms with van der Waals surface area (Å²) >= 11 is 0. The van der Waals surface area contributed by atoms with Crippen LogP contribution in [0.25, 0.3) is 0 Å². The maximum atomic E-state index is 13.1. The highest BCUT2D eigenvalue weighted by Crippen LogP contribution is 2.24. The Labute approximate surface area is 157 Å². The Morgan fingerprint density at radius 1 is 1.04 bits per heavy atom. The van der Waals surface area contributed by atoms with Gasteiger partial charge in [-0.1, -0.05) is 80.4 Å². The van der Waals surface area contributed by atoms with Gasteiger partial charge >= 0.3 is 0 Å². The van der Waals surface area contributed by atoms with Crippen LogP contribution in [0.1, 0.15) is 50.3 Å². The van der Waals surface area contributed by atoms with Crippen LogP contribution >= 0.6 is 0 Å². The monoisotopic (exact) mass is 353 g/mol. The van der Waals surface area contributed by atoms with Gasteiger partial charge in [0.2, 0.25) is 5.91 Å². The molecule has 2 aromatic rings. The van der Waals surface area contributed by atoms with E-state index >= 15 is 0 Å². The van der Waals surface area contributed by atoms with Crippen LogP contribution in [0.3, 0.4) is 0 Å². The number of aliphatic hydroxyl groups excluding tert-OH is 1. The Bertz CT molecular complexity index is 656. The van der Waals surface area contributed by atoms with Gasteiger partial charge < -0.3 is 10.0 Å². The third-order valence-corrected chi connectivity index (χ3v) is 5.14. The summed E-state index contributed by atoms with van der Waals surface area (Å²) in [5.41, 5.74) is 2.03. The molecule has 0 aliphatic carbocycles. The molecule has 0 saturated carbocycles. The summed E-state index contributed by atoms with van der Waals surface area (Å²) in [6.07, 6.45) is 3.05. The van der Waals surface area contributed by atoms with E-state index in [1.165, 1.54) is 5.56 Å². The lowest BCUT2D eigenvalue weighted by molar-refractivity contribution is -0.138. The number of amides is 1. The van der Waals surface area contributed by atoms with Crippen LogP contribution in [-0.4, -0.2) is 29.0 Å². The lowest BCUT2D eigenvalue weighted by Gasteiger charge is -2.32. The first-order chi connectivity index (χ1) is 12.5. The molecule has 26 heavy (non-hydrogen) atoms. The Hall–Kier alpha value is -2.13. The van der Waals surface area contributed by atoms with Crippen LogP contribution in [0.2, 0.25) is 0 Å². The molecule has 2 rings (SSSR count). The topological polar surface area (TPSA) is 40.5 Å². The number of unbranched alkanes of at least 4 members (excludes halogenated alkanes) is 1. The van der Waals surface area contributed by atoms with Crippen LogP contribution in [0.15, 0.2) is 60.7 Å². The summed E-state index contributed by atoms with van der Waals surface area (Å²) < 4.78 is 0. The van der Waals surface area contributed by atoms with Crippen molar-refractivity contribution in [3.63, 3.8) is 0 Å². The molecule has 0 aliphatic heterocycles. The van der Waals surface area contributed by atoms with Crippen molar-refractivity contribution in [2.24, 2.45) is 5.92 Å². The molecule has 0 spiro atoms. The fraction of sp³-hybridized carbons (Fsp3) is 0.435. The van der Waals surface area contributed by atoms with E-state index in [9.17, 15) is 9.90 Å². The van der Waals surface area contributed by atoms with E-state index in [0.29, 0.717) is 0 Å². The van der Waals surface area contributed by atoms with Crippen molar-refractivity contribution in [1.29, 1.82) is 0 Å². The fourth-order valence-corrected chi connectivity index (χ4v) is 3.29. The van der Waals surface area contributed by atoms with Crippen LogP contribution < -0.4 is 0 Å². The second kappa shape index (κ2) is 10.1. The molecule has 0 fully saturated rings. The van der Waals surface area contributed by atoms with E-state index in [1.807, 2.05) is 62.5 Å². The minimum atomic E-state index is -0.686. The predicted octanol–water partition coefficient (Wildman–Crippen LogP) is 4.62. The molecule has 0 radical (unpaired) electrons. The zero-order valence-corrected chi connectivity index (χ0v) is 16.1. The first kappa shape index (κ1) is 20.2. The van der Waals surface area contributed by atoms with Crippen LogP contribution in [0.5, 0.6) is 0 Å². The van der Waals surface area contributed by atoms with Crippen molar-refractivity contribution in [1.82, 2.24) is 4.90 Å². The first-order valence-corrected chi connectivity index (χ1v) is 9.58. The second-order valence-electron chi connectivity index (χ2n) is 7.07. The molecule has 3 heteroatoms. The summed E-state index contributed by atoms with van der Waals surface area (Å²) in [7, 11) is 1.81. The Morgan fingerprint density at radius 3 is 2.19 bits per heavy atom. The molecule has 2 aromatic carbocycles. The van der Waals surface area contributed by atoms with Gasteiger partial charge in [-0.2, -0.15) is 0 Å². The average molecular weight is 354 g/mol. The second-order valence-corrected chi connectivity index (χ2v) is 7.07. The molecule has 0 aromatic heterocycles. The van der Waals surface area contributed by atoms with Gasteiger partial charge in [-0.3, -0.25) is 4.79 Å². The van der Waals surface area contributed by atoms with Crippen molar-refractivity contribution in [3.8, 4) is 0 Å². The number of likely N-dealkylation sites (N-methyl/N-ethyl adjacent to an activating group) is 1. The molecule has 0 saturated heterocycles. The third-order valence-electron chi connectivity index (χ3n) is 5.14. The molecule has 0 bridgehead atoms. The highest BCUT2D eigenvalue weighted by molar-refractivity contribution is 5.79. The van der Waals surface area contributed by atoms with E-state index in [-0.39, 0.29) is 17.9 Å². The van der Waals surface area contributed by atoms with Crippen molar-refractivity contribution < 1.29 is 9.90 Å². The molecule has 1 N–H and O–H groups in total. The summed E-state index contributed by atoms with van der Waals surface area (Å²) in [6, 6.07) is 19.5. The van der Waals surface area contributed by atoms with Crippen LogP contribution in [0, 0.1) is 5.92 Å². The Morgan fingerprint density at radius 2 is 1.62 bits per heavy atom. The SMILES string of the molecule is CCCCC(Cc1ccccc1)C(=O)N(C)[C@@H](C)[C@@H](O)c1ccccc1. The lowest BCUT2D eigenvalue weighted by Crippen LogP contribution is -2.42. The van der Waals surface area contributed by atoms with Gasteiger partial charge in [0, 0.05) is 13.0 Å². The van der Waals surface area contributed by atoms with Crippen molar-refractivity contribution >= 4 is 5.91 Å². The standard InChI is InChI=1S/C23H31NO2/c1-4-5-14-21(17-19-12-8-6-9-13-19)23(26)24(3)18(2)22(25)20-15-10-7-11-16-20/h6-13,15-16,18,21-22,25H,4-5,14,17H2,1-3H3/t18-,21?,22+/m0/s1. The number of hydrogen-bond donors (Lipinski definition) is 1. The average Bonchev–Trinajstić information content (AvgIpc) is 2.70. The van der Waals surface area contributed by atoms with Crippen molar-refractivity contribution in [2.75, 3.05) is 7.05 Å². The summed E-state index contributed by atoms with van der Waals surface area (Å²) in [6.45, 7) is 4.06. The number of hydrogen-bond acceptors (Lipinski definition) is 2. The summed E-state index contributed by atoms with van der Waals surface area (Å²) in [5, 5.41) is 10.7. The smallest absolute Gasteiger partial charge is 0.226 e. The van der Waals surface area contributed by atoms with Gasteiger partial charge in [-0.25, -0.2) is 0 Å². The maximum Gasteiger partial charge on any atom is 0.226 e. The fourth-order valence-electron chi connectivity index (χ4n) is 3.29. The summed E-state index contributed by atoms with van der Waals surface area (Å²) in [5.74, 6) is 0.0672. The zero-order valence-electron chi connectivity index (χ0n) is 16.1.